The molecule has 0 radical (unpaired) electrons. The van der Waals surface area contributed by atoms with Crippen LogP contribution in [0.3, 0.4) is 0 Å². The summed E-state index contributed by atoms with van der Waals surface area (Å²) in [7, 11) is 0. The predicted molar refractivity (Wildman–Crippen MR) is 65.4 cm³/mol. The van der Waals surface area contributed by atoms with Crippen LogP contribution in [0, 0.1) is 0 Å². The van der Waals surface area contributed by atoms with E-state index >= 15 is 0 Å². The second kappa shape index (κ2) is 9.95. The lowest BCUT2D eigenvalue weighted by Gasteiger charge is -2.01. The van der Waals surface area contributed by atoms with E-state index in [1.54, 1.807) is 0 Å². The van der Waals surface area contributed by atoms with E-state index in [1.165, 1.54) is 6.42 Å². The number of carbonyl (C=O) groups excluding carboxylic acids is 1. The molecule has 0 aliphatic carbocycles. The highest BCUT2D eigenvalue weighted by molar-refractivity contribution is 5.67. The number of nitrogens with zero attached hydrogens (tertiary/aromatic N) is 2. The zero-order valence-corrected chi connectivity index (χ0v) is 12.0. The fourth-order valence-corrected chi connectivity index (χ4v) is 1.53. The van der Waals surface area contributed by atoms with Gasteiger partial charge in [0, 0.05) is 0 Å². The van der Waals surface area contributed by atoms with E-state index < -0.39 is 0 Å². The van der Waals surface area contributed by atoms with Crippen molar-refractivity contribution in [3.63, 3.8) is 0 Å². The van der Waals surface area contributed by atoms with Gasteiger partial charge in [0.25, 0.3) is 0 Å². The minimum atomic E-state index is -0.156. The van der Waals surface area contributed by atoms with Crippen molar-refractivity contribution in [1.82, 2.24) is 4.57 Å². The van der Waals surface area contributed by atoms with E-state index in [0.717, 1.165) is 25.8 Å². The minimum Gasteiger partial charge on any atom is -1.00 e. The first-order chi connectivity index (χ1) is 8.26. The number of ether oxygens (including phenoxy) is 1. The van der Waals surface area contributed by atoms with E-state index in [9.17, 15) is 4.79 Å². The van der Waals surface area contributed by atoms with E-state index in [-0.39, 0.29) is 18.4 Å². The van der Waals surface area contributed by atoms with Crippen molar-refractivity contribution in [1.29, 1.82) is 0 Å². The molecule has 0 aliphatic heterocycles. The Bertz CT molecular complexity index is 339. The van der Waals surface area contributed by atoms with E-state index in [2.05, 4.69) is 18.4 Å². The Kier molecular flexibility index (Phi) is 9.38. The molecule has 104 valence electrons. The Hall–Kier alpha value is -1.03. The minimum absolute atomic E-state index is 0. The van der Waals surface area contributed by atoms with Crippen LogP contribution in [0.15, 0.2) is 18.7 Å². The molecule has 0 bridgehead atoms. The zero-order chi connectivity index (χ0) is 12.5. The van der Waals surface area contributed by atoms with Gasteiger partial charge in [-0.05, 0) is 12.8 Å². The number of aromatic nitrogens is 2. The largest absolute Gasteiger partial charge is 1.00 e. The molecule has 0 N–H and O–H groups in total. The van der Waals surface area contributed by atoms with Crippen LogP contribution in [0.25, 0.3) is 0 Å². The summed E-state index contributed by atoms with van der Waals surface area (Å²) in [6.07, 6.45) is 10.2. The molecule has 0 saturated heterocycles. The standard InChI is InChI=1S/C13H23N2O2.ClH/c1-3-5-7-14-8-9-15(12-14)11-13(16)17-10-6-4-2;/h8-9,12H,3-7,10-11H2,1-2H3;1H/q+1;/p-1. The number of hydrogen-bond donors (Lipinski definition) is 0. The van der Waals surface area contributed by atoms with Gasteiger partial charge < -0.3 is 17.1 Å². The Morgan fingerprint density at radius 2 is 2.00 bits per heavy atom. The molecule has 0 fully saturated rings. The lowest BCUT2D eigenvalue weighted by molar-refractivity contribution is -0.685. The highest BCUT2D eigenvalue weighted by atomic mass is 35.5. The zero-order valence-electron chi connectivity index (χ0n) is 11.3. The first kappa shape index (κ1) is 17.0. The summed E-state index contributed by atoms with van der Waals surface area (Å²) in [6, 6.07) is 0. The molecular formula is C13H23ClN2O2. The second-order valence-corrected chi connectivity index (χ2v) is 4.25. The summed E-state index contributed by atoms with van der Waals surface area (Å²) >= 11 is 0. The van der Waals surface area contributed by atoms with Gasteiger partial charge in [-0.15, -0.1) is 0 Å². The van der Waals surface area contributed by atoms with Crippen molar-refractivity contribution in [2.75, 3.05) is 6.61 Å². The van der Waals surface area contributed by atoms with Crippen LogP contribution in [-0.2, 0) is 22.6 Å². The number of unbranched alkanes of at least 4 members (excludes halogenated alkanes) is 2. The summed E-state index contributed by atoms with van der Waals surface area (Å²) in [5.74, 6) is -0.156. The fourth-order valence-electron chi connectivity index (χ4n) is 1.53. The SMILES string of the molecule is CCCCOC(=O)C[n+]1ccn(CCCC)c1.[Cl-]. The van der Waals surface area contributed by atoms with Crippen molar-refractivity contribution < 1.29 is 26.5 Å². The quantitative estimate of drug-likeness (QED) is 0.344. The van der Waals surface area contributed by atoms with Crippen LogP contribution in [0.5, 0.6) is 0 Å². The molecule has 0 amide bonds. The predicted octanol–water partition coefficient (Wildman–Crippen LogP) is -1.08. The number of imidazole rings is 1. The second-order valence-electron chi connectivity index (χ2n) is 4.25. The number of aryl methyl sites for hydroxylation is 1. The van der Waals surface area contributed by atoms with Gasteiger partial charge in [-0.25, -0.2) is 13.9 Å². The maximum absolute atomic E-state index is 11.5. The highest BCUT2D eigenvalue weighted by Crippen LogP contribution is 1.93. The number of hydrogen-bond acceptors (Lipinski definition) is 2. The van der Waals surface area contributed by atoms with Crippen LogP contribution >= 0.6 is 0 Å². The van der Waals surface area contributed by atoms with Crippen LogP contribution in [-0.4, -0.2) is 17.1 Å². The van der Waals surface area contributed by atoms with Crippen molar-refractivity contribution >= 4 is 5.97 Å². The maximum atomic E-state index is 11.5. The Balaban J connectivity index is 0.00000289. The highest BCUT2D eigenvalue weighted by Gasteiger charge is 2.09. The maximum Gasteiger partial charge on any atom is 0.348 e. The molecule has 1 heterocycles. The van der Waals surface area contributed by atoms with Gasteiger partial charge >= 0.3 is 5.97 Å². The molecule has 0 unspecified atom stereocenters. The van der Waals surface area contributed by atoms with Crippen molar-refractivity contribution in [2.45, 2.75) is 52.6 Å². The van der Waals surface area contributed by atoms with Crippen LogP contribution in [0.4, 0.5) is 0 Å². The average Bonchev–Trinajstić information content (AvgIpc) is 2.74. The van der Waals surface area contributed by atoms with E-state index in [0.29, 0.717) is 13.2 Å². The third-order valence-electron chi connectivity index (χ3n) is 2.59. The van der Waals surface area contributed by atoms with E-state index in [1.807, 2.05) is 23.3 Å². The average molecular weight is 275 g/mol. The third-order valence-corrected chi connectivity index (χ3v) is 2.59. The van der Waals surface area contributed by atoms with Gasteiger partial charge in [-0.3, -0.25) is 0 Å². The normalized spacial score (nSPS) is 9.89. The molecule has 0 spiro atoms. The smallest absolute Gasteiger partial charge is 0.348 e. The molecule has 1 aromatic rings. The van der Waals surface area contributed by atoms with Crippen molar-refractivity contribution in [3.8, 4) is 0 Å². The fraction of sp³-hybridized carbons (Fsp3) is 0.692. The monoisotopic (exact) mass is 274 g/mol. The third kappa shape index (κ3) is 6.64. The van der Waals surface area contributed by atoms with Gasteiger partial charge in [0.1, 0.15) is 12.4 Å². The molecule has 18 heavy (non-hydrogen) atoms. The first-order valence-electron chi connectivity index (χ1n) is 6.46. The molecule has 1 rings (SSSR count). The van der Waals surface area contributed by atoms with Crippen LogP contribution in [0.1, 0.15) is 39.5 Å². The van der Waals surface area contributed by atoms with Gasteiger partial charge in [-0.2, -0.15) is 0 Å². The summed E-state index contributed by atoms with van der Waals surface area (Å²) in [6.45, 7) is 6.10. The summed E-state index contributed by atoms with van der Waals surface area (Å²) < 4.78 is 9.07. The van der Waals surface area contributed by atoms with Crippen molar-refractivity contribution in [2.24, 2.45) is 0 Å². The Morgan fingerprint density at radius 3 is 2.67 bits per heavy atom. The lowest BCUT2D eigenvalue weighted by atomic mass is 10.3. The molecule has 5 heteroatoms. The molecule has 0 saturated carbocycles. The summed E-state index contributed by atoms with van der Waals surface area (Å²) in [5, 5.41) is 0. The Morgan fingerprint density at radius 1 is 1.28 bits per heavy atom. The van der Waals surface area contributed by atoms with Crippen molar-refractivity contribution in [3.05, 3.63) is 18.7 Å². The molecule has 4 nitrogen and oxygen atoms in total. The molecule has 0 atom stereocenters. The topological polar surface area (TPSA) is 35.1 Å². The molecule has 0 aliphatic rings. The summed E-state index contributed by atoms with van der Waals surface area (Å²) in [5.41, 5.74) is 0. The summed E-state index contributed by atoms with van der Waals surface area (Å²) in [4.78, 5) is 11.5. The number of esters is 1. The molecular weight excluding hydrogens is 252 g/mol. The van der Waals surface area contributed by atoms with Gasteiger partial charge in [-0.1, -0.05) is 26.7 Å². The number of halogens is 1. The van der Waals surface area contributed by atoms with Crippen LogP contribution < -0.4 is 17.0 Å². The van der Waals surface area contributed by atoms with Gasteiger partial charge in [0.15, 0.2) is 6.54 Å². The first-order valence-corrected chi connectivity index (χ1v) is 6.46. The molecule has 0 aromatic carbocycles. The van der Waals surface area contributed by atoms with Gasteiger partial charge in [0.2, 0.25) is 6.33 Å². The van der Waals surface area contributed by atoms with Gasteiger partial charge in [0.05, 0.1) is 13.2 Å². The van der Waals surface area contributed by atoms with Crippen LogP contribution in [0.2, 0.25) is 0 Å². The number of carbonyl (C=O) groups is 1. The Labute approximate surface area is 115 Å². The lowest BCUT2D eigenvalue weighted by Crippen LogP contribution is -3.00. The molecule has 1 aromatic heterocycles. The number of rotatable bonds is 8. The van der Waals surface area contributed by atoms with E-state index in [4.69, 9.17) is 4.74 Å².